The van der Waals surface area contributed by atoms with Crippen molar-refractivity contribution in [1.29, 1.82) is 0 Å². The van der Waals surface area contributed by atoms with E-state index in [0.717, 1.165) is 12.5 Å². The van der Waals surface area contributed by atoms with Gasteiger partial charge in [-0.2, -0.15) is 13.2 Å². The van der Waals surface area contributed by atoms with Gasteiger partial charge in [0.05, 0.1) is 12.1 Å². The van der Waals surface area contributed by atoms with Gasteiger partial charge in [0.1, 0.15) is 0 Å². The fraction of sp³-hybridized carbons (Fsp3) is 0.611. The summed E-state index contributed by atoms with van der Waals surface area (Å²) < 4.78 is 44.6. The molecule has 0 bridgehead atoms. The molecule has 140 valence electrons. The zero-order chi connectivity index (χ0) is 18.5. The first-order valence-corrected chi connectivity index (χ1v) is 8.59. The van der Waals surface area contributed by atoms with Crippen molar-refractivity contribution in [2.45, 2.75) is 50.7 Å². The molecule has 1 unspecified atom stereocenters. The lowest BCUT2D eigenvalue weighted by atomic mass is 9.74. The van der Waals surface area contributed by atoms with Crippen LogP contribution in [0.25, 0.3) is 0 Å². The number of rotatable bonds is 5. The quantitative estimate of drug-likeness (QED) is 0.627. The first-order chi connectivity index (χ1) is 11.8. The standard InChI is InChI=1S/C18H26F3N3O/c1-3-13(2)24-16(22)23-12-17(7-9-25-10-8-17)14-5-4-6-15(11-14)18(19,20)21/h4-6,11,13H,3,7-10,12H2,1-2H3,(H3,22,23,24). The van der Waals surface area contributed by atoms with Gasteiger partial charge in [0, 0.05) is 24.7 Å². The maximum Gasteiger partial charge on any atom is 0.416 e. The number of guanidine groups is 1. The minimum atomic E-state index is -4.36. The predicted molar refractivity (Wildman–Crippen MR) is 92.6 cm³/mol. The lowest BCUT2D eigenvalue weighted by molar-refractivity contribution is -0.137. The summed E-state index contributed by atoms with van der Waals surface area (Å²) in [6.45, 7) is 5.38. The third-order valence-electron chi connectivity index (χ3n) is 4.81. The molecule has 1 fully saturated rings. The van der Waals surface area contributed by atoms with Crippen LogP contribution in [0.3, 0.4) is 0 Å². The summed E-state index contributed by atoms with van der Waals surface area (Å²) in [5.74, 6) is 0.326. The highest BCUT2D eigenvalue weighted by Crippen LogP contribution is 2.38. The first kappa shape index (κ1) is 19.6. The van der Waals surface area contributed by atoms with Crippen LogP contribution >= 0.6 is 0 Å². The van der Waals surface area contributed by atoms with Crippen LogP contribution in [0.5, 0.6) is 0 Å². The topological polar surface area (TPSA) is 59.6 Å². The van der Waals surface area contributed by atoms with E-state index in [9.17, 15) is 13.2 Å². The molecule has 7 heteroatoms. The van der Waals surface area contributed by atoms with Crippen LogP contribution < -0.4 is 11.1 Å². The summed E-state index contributed by atoms with van der Waals surface area (Å²) in [5, 5.41) is 3.09. The molecular weight excluding hydrogens is 331 g/mol. The molecule has 1 heterocycles. The minimum Gasteiger partial charge on any atom is -0.381 e. The number of alkyl halides is 3. The van der Waals surface area contributed by atoms with E-state index < -0.39 is 17.2 Å². The Morgan fingerprint density at radius 1 is 1.36 bits per heavy atom. The molecule has 0 amide bonds. The Bertz CT molecular complexity index is 595. The monoisotopic (exact) mass is 357 g/mol. The van der Waals surface area contributed by atoms with Gasteiger partial charge in [-0.25, -0.2) is 0 Å². The van der Waals surface area contributed by atoms with Crippen molar-refractivity contribution in [2.75, 3.05) is 19.8 Å². The average Bonchev–Trinajstić information content (AvgIpc) is 2.60. The van der Waals surface area contributed by atoms with Gasteiger partial charge in [0.25, 0.3) is 0 Å². The molecule has 0 saturated carbocycles. The smallest absolute Gasteiger partial charge is 0.381 e. The molecule has 1 aliphatic rings. The summed E-state index contributed by atoms with van der Waals surface area (Å²) in [7, 11) is 0. The molecule has 1 saturated heterocycles. The maximum absolute atomic E-state index is 13.1. The van der Waals surface area contributed by atoms with Crippen molar-refractivity contribution < 1.29 is 17.9 Å². The molecule has 1 atom stereocenters. The Morgan fingerprint density at radius 2 is 2.04 bits per heavy atom. The predicted octanol–water partition coefficient (Wildman–Crippen LogP) is 3.46. The van der Waals surface area contributed by atoms with E-state index in [4.69, 9.17) is 10.5 Å². The van der Waals surface area contributed by atoms with Crippen LogP contribution in [0.1, 0.15) is 44.2 Å². The summed E-state index contributed by atoms with van der Waals surface area (Å²) in [6, 6.07) is 5.73. The molecule has 1 aromatic carbocycles. The molecule has 0 aromatic heterocycles. The first-order valence-electron chi connectivity index (χ1n) is 8.59. The zero-order valence-corrected chi connectivity index (χ0v) is 14.7. The summed E-state index contributed by atoms with van der Waals surface area (Å²) in [6.07, 6.45) is -2.21. The Labute approximate surface area is 146 Å². The molecule has 0 aliphatic carbocycles. The van der Waals surface area contributed by atoms with E-state index in [2.05, 4.69) is 10.3 Å². The second-order valence-electron chi connectivity index (χ2n) is 6.63. The Hall–Kier alpha value is -1.76. The van der Waals surface area contributed by atoms with Gasteiger partial charge < -0.3 is 15.8 Å². The molecular formula is C18H26F3N3O. The van der Waals surface area contributed by atoms with Gasteiger partial charge in [-0.15, -0.1) is 0 Å². The number of hydrogen-bond acceptors (Lipinski definition) is 2. The number of nitrogens with zero attached hydrogens (tertiary/aromatic N) is 1. The zero-order valence-electron chi connectivity index (χ0n) is 14.7. The molecule has 1 aromatic rings. The van der Waals surface area contributed by atoms with E-state index in [0.29, 0.717) is 44.1 Å². The van der Waals surface area contributed by atoms with E-state index in [1.807, 2.05) is 13.8 Å². The average molecular weight is 357 g/mol. The highest BCUT2D eigenvalue weighted by Gasteiger charge is 2.37. The Morgan fingerprint density at radius 3 is 2.64 bits per heavy atom. The van der Waals surface area contributed by atoms with Crippen molar-refractivity contribution in [1.82, 2.24) is 5.32 Å². The fourth-order valence-electron chi connectivity index (χ4n) is 2.96. The third kappa shape index (κ3) is 5.11. The minimum absolute atomic E-state index is 0.197. The maximum atomic E-state index is 13.1. The van der Waals surface area contributed by atoms with Gasteiger partial charge in [0.2, 0.25) is 0 Å². The number of aliphatic imine (C=N–C) groups is 1. The number of hydrogen-bond donors (Lipinski definition) is 2. The third-order valence-corrected chi connectivity index (χ3v) is 4.81. The summed E-state index contributed by atoms with van der Waals surface area (Å²) >= 11 is 0. The van der Waals surface area contributed by atoms with E-state index in [1.54, 1.807) is 6.07 Å². The van der Waals surface area contributed by atoms with Crippen LogP contribution in [0.15, 0.2) is 29.3 Å². The Kier molecular flexibility index (Phi) is 6.32. The number of nitrogens with two attached hydrogens (primary N) is 1. The SMILES string of the molecule is CCC(C)NC(N)=NCC1(c2cccc(C(F)(F)F)c2)CCOCC1. The largest absolute Gasteiger partial charge is 0.416 e. The van der Waals surface area contributed by atoms with Crippen molar-refractivity contribution in [3.8, 4) is 0 Å². The molecule has 0 spiro atoms. The van der Waals surface area contributed by atoms with Crippen molar-refractivity contribution in [2.24, 2.45) is 10.7 Å². The van der Waals surface area contributed by atoms with Crippen molar-refractivity contribution >= 4 is 5.96 Å². The molecule has 4 nitrogen and oxygen atoms in total. The Balaban J connectivity index is 2.28. The van der Waals surface area contributed by atoms with Gasteiger partial charge in [-0.1, -0.05) is 25.1 Å². The number of benzene rings is 1. The van der Waals surface area contributed by atoms with Crippen LogP contribution in [0.4, 0.5) is 13.2 Å². The summed E-state index contributed by atoms with van der Waals surface area (Å²) in [4.78, 5) is 4.42. The van der Waals surface area contributed by atoms with Crippen LogP contribution in [0.2, 0.25) is 0 Å². The second-order valence-corrected chi connectivity index (χ2v) is 6.63. The second kappa shape index (κ2) is 8.08. The highest BCUT2D eigenvalue weighted by atomic mass is 19.4. The van der Waals surface area contributed by atoms with Gasteiger partial charge >= 0.3 is 6.18 Å². The fourth-order valence-corrected chi connectivity index (χ4v) is 2.96. The lowest BCUT2D eigenvalue weighted by Crippen LogP contribution is -2.41. The summed E-state index contributed by atoms with van der Waals surface area (Å²) in [5.41, 5.74) is 5.46. The van der Waals surface area contributed by atoms with Gasteiger partial charge in [0.15, 0.2) is 5.96 Å². The number of ether oxygens (including phenoxy) is 1. The highest BCUT2D eigenvalue weighted by molar-refractivity contribution is 5.78. The van der Waals surface area contributed by atoms with Crippen LogP contribution in [-0.4, -0.2) is 31.8 Å². The van der Waals surface area contributed by atoms with Crippen molar-refractivity contribution in [3.05, 3.63) is 35.4 Å². The van der Waals surface area contributed by atoms with Crippen LogP contribution in [0, 0.1) is 0 Å². The van der Waals surface area contributed by atoms with Crippen LogP contribution in [-0.2, 0) is 16.3 Å². The normalized spacial score (nSPS) is 19.5. The van der Waals surface area contributed by atoms with E-state index >= 15 is 0 Å². The van der Waals surface area contributed by atoms with E-state index in [1.165, 1.54) is 12.1 Å². The van der Waals surface area contributed by atoms with Gasteiger partial charge in [-0.3, -0.25) is 4.99 Å². The molecule has 0 radical (unpaired) electrons. The van der Waals surface area contributed by atoms with Crippen molar-refractivity contribution in [3.63, 3.8) is 0 Å². The molecule has 3 N–H and O–H groups in total. The molecule has 1 aliphatic heterocycles. The molecule has 2 rings (SSSR count). The lowest BCUT2D eigenvalue weighted by Gasteiger charge is -2.37. The van der Waals surface area contributed by atoms with Gasteiger partial charge in [-0.05, 0) is 37.8 Å². The van der Waals surface area contributed by atoms with E-state index in [-0.39, 0.29) is 6.04 Å². The number of nitrogens with one attached hydrogen (secondary N) is 1. The number of halogens is 3. The molecule has 25 heavy (non-hydrogen) atoms.